The molecule has 0 radical (unpaired) electrons. The summed E-state index contributed by atoms with van der Waals surface area (Å²) in [5, 5.41) is 5.63. The van der Waals surface area contributed by atoms with Crippen LogP contribution < -0.4 is 0 Å². The van der Waals surface area contributed by atoms with Crippen molar-refractivity contribution in [3.8, 4) is 11.4 Å². The van der Waals surface area contributed by atoms with Gasteiger partial charge in [-0.2, -0.15) is 5.10 Å². The first-order valence-electron chi connectivity index (χ1n) is 9.87. The van der Waals surface area contributed by atoms with Gasteiger partial charge < -0.3 is 4.74 Å². The van der Waals surface area contributed by atoms with Crippen LogP contribution in [0, 0.1) is 10.7 Å². The third-order valence-corrected chi connectivity index (χ3v) is 6.33. The number of aromatic nitrogens is 3. The predicted molar refractivity (Wildman–Crippen MR) is 110 cm³/mol. The molecule has 5 nitrogen and oxygen atoms in total. The molecular formula is C20H27ClN4OS. The van der Waals surface area contributed by atoms with E-state index in [0.29, 0.717) is 0 Å². The van der Waals surface area contributed by atoms with E-state index in [0.717, 1.165) is 72.9 Å². The van der Waals surface area contributed by atoms with E-state index in [1.54, 1.807) is 0 Å². The lowest BCUT2D eigenvalue weighted by Crippen LogP contribution is -2.34. The molecule has 2 fully saturated rings. The Balaban J connectivity index is 1.63. The van der Waals surface area contributed by atoms with Gasteiger partial charge >= 0.3 is 0 Å². The number of rotatable bonds is 5. The lowest BCUT2D eigenvalue weighted by molar-refractivity contribution is 0.0964. The lowest BCUT2D eigenvalue weighted by Gasteiger charge is -2.29. The summed E-state index contributed by atoms with van der Waals surface area (Å²) in [5.74, 6) is 1.72. The number of piperidine rings is 1. The van der Waals surface area contributed by atoms with Gasteiger partial charge in [-0.3, -0.25) is 9.47 Å². The molecule has 4 rings (SSSR count). The van der Waals surface area contributed by atoms with Crippen molar-refractivity contribution in [1.82, 2.24) is 19.2 Å². The fourth-order valence-electron chi connectivity index (χ4n) is 3.90. The second kappa shape index (κ2) is 8.43. The number of hydrogen-bond donors (Lipinski definition) is 0. The topological polar surface area (TPSA) is 35.2 Å². The first-order valence-corrected chi connectivity index (χ1v) is 10.7. The van der Waals surface area contributed by atoms with Crippen LogP contribution in [0.25, 0.3) is 11.4 Å². The van der Waals surface area contributed by atoms with E-state index < -0.39 is 0 Å². The molecule has 0 saturated carbocycles. The molecule has 2 aliphatic heterocycles. The highest BCUT2D eigenvalue weighted by atomic mass is 35.5. The first kappa shape index (κ1) is 19.1. The monoisotopic (exact) mass is 406 g/mol. The summed E-state index contributed by atoms with van der Waals surface area (Å²) in [6, 6.07) is 7.83. The summed E-state index contributed by atoms with van der Waals surface area (Å²) in [4.78, 5) is 2.45. The number of likely N-dealkylation sites (tertiary alicyclic amines) is 1. The van der Waals surface area contributed by atoms with Crippen molar-refractivity contribution in [2.24, 2.45) is 5.92 Å². The maximum Gasteiger partial charge on any atom is 0.199 e. The molecule has 7 heteroatoms. The van der Waals surface area contributed by atoms with Gasteiger partial charge in [-0.15, -0.1) is 0 Å². The minimum Gasteiger partial charge on any atom is -0.376 e. The van der Waals surface area contributed by atoms with E-state index in [-0.39, 0.29) is 6.10 Å². The average Bonchev–Trinajstić information content (AvgIpc) is 3.28. The van der Waals surface area contributed by atoms with E-state index in [1.807, 2.05) is 28.9 Å². The van der Waals surface area contributed by atoms with Crippen molar-refractivity contribution in [2.75, 3.05) is 19.7 Å². The molecular weight excluding hydrogens is 380 g/mol. The Morgan fingerprint density at radius 1 is 1.19 bits per heavy atom. The molecule has 2 aromatic rings. The Morgan fingerprint density at radius 3 is 2.59 bits per heavy atom. The minimum atomic E-state index is 0.219. The fraction of sp³-hybridized carbons (Fsp3) is 0.600. The molecule has 146 valence electrons. The molecule has 0 amide bonds. The lowest BCUT2D eigenvalue weighted by atomic mass is 10.00. The van der Waals surface area contributed by atoms with Gasteiger partial charge in [-0.05, 0) is 68.1 Å². The van der Waals surface area contributed by atoms with Crippen LogP contribution in [-0.2, 0) is 18.0 Å². The highest BCUT2D eigenvalue weighted by molar-refractivity contribution is 7.71. The molecule has 1 aromatic heterocycles. The molecule has 1 atom stereocenters. The quantitative estimate of drug-likeness (QED) is 0.679. The van der Waals surface area contributed by atoms with Crippen LogP contribution in [0.5, 0.6) is 0 Å². The third-order valence-electron chi connectivity index (χ3n) is 5.65. The maximum atomic E-state index is 6.07. The number of halogens is 1. The van der Waals surface area contributed by atoms with Gasteiger partial charge in [0, 0.05) is 30.3 Å². The zero-order valence-electron chi connectivity index (χ0n) is 15.8. The normalized spacial score (nSPS) is 21.8. The van der Waals surface area contributed by atoms with E-state index >= 15 is 0 Å². The number of benzene rings is 1. The Kier molecular flexibility index (Phi) is 5.97. The number of nitrogens with zero attached hydrogens (tertiary/aromatic N) is 4. The second-order valence-electron chi connectivity index (χ2n) is 7.80. The third kappa shape index (κ3) is 4.45. The number of hydrogen-bond acceptors (Lipinski definition) is 4. The van der Waals surface area contributed by atoms with Crippen LogP contribution in [0.3, 0.4) is 0 Å². The summed E-state index contributed by atoms with van der Waals surface area (Å²) in [6.07, 6.45) is 4.91. The summed E-state index contributed by atoms with van der Waals surface area (Å²) in [7, 11) is 0. The van der Waals surface area contributed by atoms with Crippen LogP contribution in [0.15, 0.2) is 24.3 Å². The van der Waals surface area contributed by atoms with Crippen molar-refractivity contribution in [3.63, 3.8) is 0 Å². The standard InChI is InChI=1S/C20H27ClN4OS/c1-15-8-10-23(11-9-15)14-25-20(27)24(13-18-3-2-12-26-18)19(22-25)16-4-6-17(21)7-5-16/h4-7,15,18H,2-3,8-14H2,1H3/t18-/m0/s1. The highest BCUT2D eigenvalue weighted by Crippen LogP contribution is 2.24. The number of ether oxygens (including phenoxy) is 1. The van der Waals surface area contributed by atoms with Crippen molar-refractivity contribution in [2.45, 2.75) is 51.9 Å². The van der Waals surface area contributed by atoms with Gasteiger partial charge in [0.2, 0.25) is 0 Å². The summed E-state index contributed by atoms with van der Waals surface area (Å²) >= 11 is 11.9. The molecule has 2 saturated heterocycles. The molecule has 0 bridgehead atoms. The van der Waals surface area contributed by atoms with Gasteiger partial charge in [0.05, 0.1) is 19.3 Å². The van der Waals surface area contributed by atoms with Gasteiger partial charge in [0.1, 0.15) is 0 Å². The molecule has 0 unspecified atom stereocenters. The SMILES string of the molecule is CC1CCN(Cn2nc(-c3ccc(Cl)cc3)n(C[C@@H]3CCCO3)c2=S)CC1. The van der Waals surface area contributed by atoms with Crippen LogP contribution in [0.2, 0.25) is 5.02 Å². The zero-order chi connectivity index (χ0) is 18.8. The van der Waals surface area contributed by atoms with Crippen molar-refractivity contribution in [1.29, 1.82) is 0 Å². The van der Waals surface area contributed by atoms with E-state index in [1.165, 1.54) is 12.8 Å². The highest BCUT2D eigenvalue weighted by Gasteiger charge is 2.22. The predicted octanol–water partition coefficient (Wildman–Crippen LogP) is 4.60. The van der Waals surface area contributed by atoms with Crippen molar-refractivity contribution < 1.29 is 4.74 Å². The fourth-order valence-corrected chi connectivity index (χ4v) is 4.28. The van der Waals surface area contributed by atoms with Crippen LogP contribution >= 0.6 is 23.8 Å². The molecule has 0 N–H and O–H groups in total. The van der Waals surface area contributed by atoms with Gasteiger partial charge in [-0.25, -0.2) is 4.68 Å². The second-order valence-corrected chi connectivity index (χ2v) is 8.60. The smallest absolute Gasteiger partial charge is 0.199 e. The van der Waals surface area contributed by atoms with Gasteiger partial charge in [-0.1, -0.05) is 18.5 Å². The average molecular weight is 407 g/mol. The minimum absolute atomic E-state index is 0.219. The Morgan fingerprint density at radius 2 is 1.93 bits per heavy atom. The largest absolute Gasteiger partial charge is 0.376 e. The van der Waals surface area contributed by atoms with E-state index in [4.69, 9.17) is 33.7 Å². The Hall–Kier alpha value is -1.21. The van der Waals surface area contributed by atoms with E-state index in [9.17, 15) is 0 Å². The van der Waals surface area contributed by atoms with Crippen LogP contribution in [-0.4, -0.2) is 45.0 Å². The molecule has 1 aromatic carbocycles. The van der Waals surface area contributed by atoms with Crippen molar-refractivity contribution in [3.05, 3.63) is 34.1 Å². The van der Waals surface area contributed by atoms with Crippen molar-refractivity contribution >= 4 is 23.8 Å². The Labute approximate surface area is 170 Å². The molecule has 27 heavy (non-hydrogen) atoms. The maximum absolute atomic E-state index is 6.07. The van der Waals surface area contributed by atoms with E-state index in [2.05, 4.69) is 16.4 Å². The summed E-state index contributed by atoms with van der Waals surface area (Å²) < 4.78 is 10.7. The summed E-state index contributed by atoms with van der Waals surface area (Å²) in [5.41, 5.74) is 1.04. The first-order chi connectivity index (χ1) is 13.1. The molecule has 2 aliphatic rings. The van der Waals surface area contributed by atoms with Crippen LogP contribution in [0.1, 0.15) is 32.6 Å². The zero-order valence-corrected chi connectivity index (χ0v) is 17.4. The molecule has 0 spiro atoms. The molecule has 0 aliphatic carbocycles. The molecule has 3 heterocycles. The summed E-state index contributed by atoms with van der Waals surface area (Å²) in [6.45, 7) is 6.90. The Bertz CT molecular complexity index is 817. The van der Waals surface area contributed by atoms with Gasteiger partial charge in [0.15, 0.2) is 10.6 Å². The van der Waals surface area contributed by atoms with Crippen LogP contribution in [0.4, 0.5) is 0 Å². The van der Waals surface area contributed by atoms with Gasteiger partial charge in [0.25, 0.3) is 0 Å².